The Kier molecular flexibility index (Phi) is 5.95. The van der Waals surface area contributed by atoms with Gasteiger partial charge in [-0.15, -0.1) is 0 Å². The summed E-state index contributed by atoms with van der Waals surface area (Å²) in [7, 11) is 1.51. The highest BCUT2D eigenvalue weighted by molar-refractivity contribution is 5.95. The molecular formula is C14H21N3O4. The highest BCUT2D eigenvalue weighted by Gasteiger charge is 2.18. The summed E-state index contributed by atoms with van der Waals surface area (Å²) in [5.41, 5.74) is 0.247. The molecule has 7 heteroatoms. The lowest BCUT2D eigenvalue weighted by molar-refractivity contribution is -0.137. The lowest BCUT2D eigenvalue weighted by atomic mass is 10.2. The van der Waals surface area contributed by atoms with Gasteiger partial charge in [-0.1, -0.05) is 13.8 Å². The molecule has 2 amide bonds. The minimum Gasteiger partial charge on any atom is -0.480 e. The summed E-state index contributed by atoms with van der Waals surface area (Å²) in [4.78, 5) is 35.9. The molecule has 1 heterocycles. The number of carboxylic acid groups (broad SMARTS) is 1. The van der Waals surface area contributed by atoms with Crippen LogP contribution >= 0.6 is 0 Å². The number of carbonyl (C=O) groups excluding carboxylic acids is 2. The number of carboxylic acids is 1. The van der Waals surface area contributed by atoms with E-state index in [0.29, 0.717) is 12.5 Å². The largest absolute Gasteiger partial charge is 0.480 e. The molecular weight excluding hydrogens is 274 g/mol. The average Bonchev–Trinajstić information content (AvgIpc) is 2.82. The van der Waals surface area contributed by atoms with Crippen molar-refractivity contribution < 1.29 is 19.5 Å². The van der Waals surface area contributed by atoms with E-state index in [9.17, 15) is 14.4 Å². The topological polar surface area (TPSA) is 91.6 Å². The van der Waals surface area contributed by atoms with E-state index < -0.39 is 5.97 Å². The van der Waals surface area contributed by atoms with Crippen molar-refractivity contribution in [2.24, 2.45) is 5.92 Å². The number of aromatic nitrogens is 1. The zero-order valence-corrected chi connectivity index (χ0v) is 12.5. The lowest BCUT2D eigenvalue weighted by Gasteiger charge is -2.18. The van der Waals surface area contributed by atoms with Gasteiger partial charge in [0.05, 0.1) is 6.54 Å². The summed E-state index contributed by atoms with van der Waals surface area (Å²) >= 11 is 0. The van der Waals surface area contributed by atoms with Crippen LogP contribution in [-0.4, -0.2) is 52.5 Å². The molecule has 7 nitrogen and oxygen atoms in total. The van der Waals surface area contributed by atoms with Gasteiger partial charge in [-0.3, -0.25) is 14.4 Å². The monoisotopic (exact) mass is 295 g/mol. The molecule has 0 saturated heterocycles. The van der Waals surface area contributed by atoms with Crippen molar-refractivity contribution in [3.63, 3.8) is 0 Å². The predicted molar refractivity (Wildman–Crippen MR) is 76.9 cm³/mol. The highest BCUT2D eigenvalue weighted by Crippen LogP contribution is 2.06. The van der Waals surface area contributed by atoms with Gasteiger partial charge in [0, 0.05) is 19.8 Å². The van der Waals surface area contributed by atoms with Gasteiger partial charge >= 0.3 is 5.97 Å². The first-order valence-corrected chi connectivity index (χ1v) is 6.70. The lowest BCUT2D eigenvalue weighted by Crippen LogP contribution is -2.40. The van der Waals surface area contributed by atoms with Crippen molar-refractivity contribution in [2.75, 3.05) is 20.1 Å². The van der Waals surface area contributed by atoms with Gasteiger partial charge in [0.2, 0.25) is 5.91 Å². The fourth-order valence-electron chi connectivity index (χ4n) is 1.75. The Hall–Kier alpha value is -2.31. The summed E-state index contributed by atoms with van der Waals surface area (Å²) in [6, 6.07) is 3.14. The molecule has 0 aliphatic rings. The summed E-state index contributed by atoms with van der Waals surface area (Å²) in [5.74, 6) is -1.32. The van der Waals surface area contributed by atoms with Gasteiger partial charge in [0.15, 0.2) is 0 Å². The second-order valence-electron chi connectivity index (χ2n) is 5.27. The SMILES string of the molecule is CC(C)CNC(=O)CN(C)C(=O)c1cccn1CC(=O)O. The van der Waals surface area contributed by atoms with Crippen LogP contribution in [0.2, 0.25) is 0 Å². The zero-order valence-electron chi connectivity index (χ0n) is 12.5. The molecule has 0 radical (unpaired) electrons. The Morgan fingerprint density at radius 1 is 1.38 bits per heavy atom. The molecule has 0 atom stereocenters. The molecule has 0 spiro atoms. The number of nitrogens with one attached hydrogen (secondary N) is 1. The number of rotatable bonds is 7. The molecule has 0 bridgehead atoms. The number of carbonyl (C=O) groups is 3. The molecule has 1 aromatic rings. The van der Waals surface area contributed by atoms with Crippen molar-refractivity contribution in [2.45, 2.75) is 20.4 Å². The van der Waals surface area contributed by atoms with E-state index in [0.717, 1.165) is 0 Å². The van der Waals surface area contributed by atoms with Crippen LogP contribution in [0.1, 0.15) is 24.3 Å². The Bertz CT molecular complexity index is 522. The fraction of sp³-hybridized carbons (Fsp3) is 0.500. The number of amides is 2. The first kappa shape index (κ1) is 16.7. The maximum Gasteiger partial charge on any atom is 0.323 e. The van der Waals surface area contributed by atoms with Crippen molar-refractivity contribution >= 4 is 17.8 Å². The second-order valence-corrected chi connectivity index (χ2v) is 5.27. The van der Waals surface area contributed by atoms with Crippen LogP contribution in [0.15, 0.2) is 18.3 Å². The summed E-state index contributed by atoms with van der Waals surface area (Å²) < 4.78 is 1.34. The van der Waals surface area contributed by atoms with Crippen LogP contribution in [0.3, 0.4) is 0 Å². The Morgan fingerprint density at radius 2 is 2.05 bits per heavy atom. The average molecular weight is 295 g/mol. The molecule has 0 fully saturated rings. The third-order valence-corrected chi connectivity index (χ3v) is 2.79. The maximum absolute atomic E-state index is 12.2. The van der Waals surface area contributed by atoms with Gasteiger partial charge in [-0.05, 0) is 18.1 Å². The minimum absolute atomic E-state index is 0.0657. The summed E-state index contributed by atoms with van der Waals surface area (Å²) in [6.45, 7) is 4.16. The highest BCUT2D eigenvalue weighted by atomic mass is 16.4. The van der Waals surface area contributed by atoms with E-state index in [1.165, 1.54) is 28.8 Å². The number of hydrogen-bond donors (Lipinski definition) is 2. The Morgan fingerprint density at radius 3 is 2.62 bits per heavy atom. The van der Waals surface area contributed by atoms with Crippen LogP contribution in [0.25, 0.3) is 0 Å². The molecule has 0 unspecified atom stereocenters. The van der Waals surface area contributed by atoms with Gasteiger partial charge in [0.25, 0.3) is 5.91 Å². The van der Waals surface area contributed by atoms with Gasteiger partial charge in [0.1, 0.15) is 12.2 Å². The minimum atomic E-state index is -1.03. The van der Waals surface area contributed by atoms with Gasteiger partial charge < -0.3 is 19.9 Å². The summed E-state index contributed by atoms with van der Waals surface area (Å²) in [6.07, 6.45) is 1.52. The van der Waals surface area contributed by atoms with Crippen molar-refractivity contribution in [1.29, 1.82) is 0 Å². The van der Waals surface area contributed by atoms with Crippen LogP contribution < -0.4 is 5.32 Å². The number of likely N-dealkylation sites (N-methyl/N-ethyl adjacent to an activating group) is 1. The third kappa shape index (κ3) is 5.29. The Labute approximate surface area is 123 Å². The van der Waals surface area contributed by atoms with Gasteiger partial charge in [-0.25, -0.2) is 0 Å². The number of nitrogens with zero attached hydrogens (tertiary/aromatic N) is 2. The quantitative estimate of drug-likeness (QED) is 0.762. The number of hydrogen-bond acceptors (Lipinski definition) is 3. The molecule has 0 saturated carbocycles. The molecule has 0 aliphatic carbocycles. The van der Waals surface area contributed by atoms with E-state index in [-0.39, 0.29) is 30.6 Å². The smallest absolute Gasteiger partial charge is 0.323 e. The molecule has 21 heavy (non-hydrogen) atoms. The third-order valence-electron chi connectivity index (χ3n) is 2.79. The van der Waals surface area contributed by atoms with E-state index in [4.69, 9.17) is 5.11 Å². The standard InChI is InChI=1S/C14H21N3O4/c1-10(2)7-15-12(18)8-16(3)14(21)11-5-4-6-17(11)9-13(19)20/h4-6,10H,7-9H2,1-3H3,(H,15,18)(H,19,20). The fourth-order valence-corrected chi connectivity index (χ4v) is 1.75. The van der Waals surface area contributed by atoms with E-state index >= 15 is 0 Å². The molecule has 116 valence electrons. The first-order valence-electron chi connectivity index (χ1n) is 6.70. The van der Waals surface area contributed by atoms with Crippen LogP contribution in [-0.2, 0) is 16.1 Å². The van der Waals surface area contributed by atoms with Crippen molar-refractivity contribution in [1.82, 2.24) is 14.8 Å². The molecule has 0 aromatic carbocycles. The van der Waals surface area contributed by atoms with E-state index in [2.05, 4.69) is 5.32 Å². The number of aliphatic carboxylic acids is 1. The van der Waals surface area contributed by atoms with Crippen LogP contribution in [0, 0.1) is 5.92 Å². The first-order chi connectivity index (χ1) is 9.81. The molecule has 1 rings (SSSR count). The van der Waals surface area contributed by atoms with Crippen LogP contribution in [0.5, 0.6) is 0 Å². The van der Waals surface area contributed by atoms with E-state index in [1.807, 2.05) is 13.8 Å². The second kappa shape index (κ2) is 7.47. The van der Waals surface area contributed by atoms with Gasteiger partial charge in [-0.2, -0.15) is 0 Å². The normalized spacial score (nSPS) is 10.5. The Balaban J connectivity index is 2.64. The molecule has 1 aromatic heterocycles. The molecule has 2 N–H and O–H groups in total. The van der Waals surface area contributed by atoms with E-state index in [1.54, 1.807) is 6.07 Å². The molecule has 0 aliphatic heterocycles. The van der Waals surface area contributed by atoms with Crippen molar-refractivity contribution in [3.8, 4) is 0 Å². The van der Waals surface area contributed by atoms with Crippen molar-refractivity contribution in [3.05, 3.63) is 24.0 Å². The maximum atomic E-state index is 12.2. The predicted octanol–water partition coefficient (Wildman–Crippen LogP) is 0.417. The summed E-state index contributed by atoms with van der Waals surface area (Å²) in [5, 5.41) is 11.5. The zero-order chi connectivity index (χ0) is 16.0. The van der Waals surface area contributed by atoms with Crippen LogP contribution in [0.4, 0.5) is 0 Å².